The number of nitrogens with zero attached hydrogens (tertiary/aromatic N) is 4. The second-order valence-electron chi connectivity index (χ2n) is 9.41. The van der Waals surface area contributed by atoms with Crippen LogP contribution in [-0.4, -0.2) is 51.9 Å². The lowest BCUT2D eigenvalue weighted by atomic mass is 9.95. The van der Waals surface area contributed by atoms with E-state index < -0.39 is 0 Å². The summed E-state index contributed by atoms with van der Waals surface area (Å²) >= 11 is 0. The van der Waals surface area contributed by atoms with Gasteiger partial charge >= 0.3 is 0 Å². The third kappa shape index (κ3) is 5.11. The third-order valence-electron chi connectivity index (χ3n) is 7.00. The number of nitrogens with one attached hydrogen (secondary N) is 1. The molecule has 0 radical (unpaired) electrons. The van der Waals surface area contributed by atoms with Gasteiger partial charge in [0.2, 0.25) is 5.91 Å². The fourth-order valence-corrected chi connectivity index (χ4v) is 4.77. The molecule has 2 aromatic carbocycles. The Kier molecular flexibility index (Phi) is 6.99. The molecule has 1 saturated heterocycles. The fraction of sp³-hybridized carbons (Fsp3) is 0.407. The number of methoxy groups -OCH3 is 1. The zero-order valence-corrected chi connectivity index (χ0v) is 20.6. The molecule has 2 aliphatic rings. The number of carbonyl (C=O) groups excluding carboxylic acids is 2. The average molecular weight is 490 g/mol. The van der Waals surface area contributed by atoms with E-state index in [0.29, 0.717) is 50.4 Å². The van der Waals surface area contributed by atoms with Gasteiger partial charge in [-0.2, -0.15) is 0 Å². The molecule has 188 valence electrons. The Bertz CT molecular complexity index is 1230. The van der Waals surface area contributed by atoms with Crippen molar-refractivity contribution in [3.05, 3.63) is 76.6 Å². The van der Waals surface area contributed by atoms with E-state index in [9.17, 15) is 9.59 Å². The lowest BCUT2D eigenvalue weighted by Gasteiger charge is -2.31. The summed E-state index contributed by atoms with van der Waals surface area (Å²) in [4.78, 5) is 27.7. The topological polar surface area (TPSA) is 98.6 Å². The first kappa shape index (κ1) is 24.0. The standard InChI is InChI=1S/C27H31N5O4/c1-18-6-8-20(9-7-18)24-16-32-23(17-36-24)25(29-30-32)27(34)31-12-10-21(11-13-31)26(33)28-15-19-4-3-5-22(14-19)35-2/h3-9,14,21,24H,10-13,15-17H2,1-2H3,(H,28,33). The van der Waals surface area contributed by atoms with Crippen molar-refractivity contribution in [2.75, 3.05) is 20.2 Å². The van der Waals surface area contributed by atoms with E-state index >= 15 is 0 Å². The molecule has 9 nitrogen and oxygen atoms in total. The van der Waals surface area contributed by atoms with Gasteiger partial charge in [0.25, 0.3) is 5.91 Å². The van der Waals surface area contributed by atoms with Crippen LogP contribution in [0.3, 0.4) is 0 Å². The van der Waals surface area contributed by atoms with Crippen LogP contribution in [0.25, 0.3) is 0 Å². The van der Waals surface area contributed by atoms with Crippen LogP contribution in [0.15, 0.2) is 48.5 Å². The Morgan fingerprint density at radius 1 is 1.14 bits per heavy atom. The molecular formula is C27H31N5O4. The average Bonchev–Trinajstić information content (AvgIpc) is 3.35. The Morgan fingerprint density at radius 3 is 2.67 bits per heavy atom. The number of piperidine rings is 1. The number of carbonyl (C=O) groups is 2. The van der Waals surface area contributed by atoms with Gasteiger partial charge in [-0.3, -0.25) is 9.59 Å². The molecule has 5 rings (SSSR count). The van der Waals surface area contributed by atoms with Gasteiger partial charge in [0.05, 0.1) is 26.0 Å². The van der Waals surface area contributed by atoms with Crippen molar-refractivity contribution < 1.29 is 19.1 Å². The van der Waals surface area contributed by atoms with Crippen molar-refractivity contribution in [2.45, 2.75) is 45.6 Å². The maximum Gasteiger partial charge on any atom is 0.276 e. The monoisotopic (exact) mass is 489 g/mol. The summed E-state index contributed by atoms with van der Waals surface area (Å²) in [6.07, 6.45) is 1.12. The zero-order chi connectivity index (χ0) is 25.1. The van der Waals surface area contributed by atoms with Crippen LogP contribution < -0.4 is 10.1 Å². The van der Waals surface area contributed by atoms with Gasteiger partial charge in [0.15, 0.2) is 5.69 Å². The Hall–Kier alpha value is -3.72. The number of amides is 2. The van der Waals surface area contributed by atoms with Crippen LogP contribution in [0.2, 0.25) is 0 Å². The van der Waals surface area contributed by atoms with Crippen molar-refractivity contribution in [3.8, 4) is 5.75 Å². The predicted octanol–water partition coefficient (Wildman–Crippen LogP) is 3.04. The zero-order valence-electron chi connectivity index (χ0n) is 20.6. The molecule has 1 unspecified atom stereocenters. The number of aryl methyl sites for hydroxylation is 1. The van der Waals surface area contributed by atoms with E-state index in [0.717, 1.165) is 16.9 Å². The van der Waals surface area contributed by atoms with Crippen molar-refractivity contribution in [1.29, 1.82) is 0 Å². The summed E-state index contributed by atoms with van der Waals surface area (Å²) in [5.74, 6) is 0.512. The number of likely N-dealkylation sites (tertiary alicyclic amines) is 1. The lowest BCUT2D eigenvalue weighted by Crippen LogP contribution is -2.43. The molecule has 1 N–H and O–H groups in total. The first-order valence-corrected chi connectivity index (χ1v) is 12.3. The van der Waals surface area contributed by atoms with Crippen molar-refractivity contribution >= 4 is 11.8 Å². The molecular weight excluding hydrogens is 458 g/mol. The molecule has 2 amide bonds. The molecule has 0 bridgehead atoms. The number of rotatable bonds is 6. The van der Waals surface area contributed by atoms with Gasteiger partial charge in [0, 0.05) is 25.6 Å². The Balaban J connectivity index is 1.14. The number of benzene rings is 2. The van der Waals surface area contributed by atoms with Gasteiger partial charge in [-0.1, -0.05) is 47.2 Å². The lowest BCUT2D eigenvalue weighted by molar-refractivity contribution is -0.126. The van der Waals surface area contributed by atoms with Crippen LogP contribution in [0.4, 0.5) is 0 Å². The molecule has 1 aromatic heterocycles. The van der Waals surface area contributed by atoms with Gasteiger partial charge in [0.1, 0.15) is 11.9 Å². The molecule has 1 atom stereocenters. The Labute approximate surface area is 210 Å². The molecule has 9 heteroatoms. The number of hydrogen-bond acceptors (Lipinski definition) is 6. The second-order valence-corrected chi connectivity index (χ2v) is 9.41. The van der Waals surface area contributed by atoms with Gasteiger partial charge in [-0.05, 0) is 43.0 Å². The Morgan fingerprint density at radius 2 is 1.92 bits per heavy atom. The highest BCUT2D eigenvalue weighted by atomic mass is 16.5. The van der Waals surface area contributed by atoms with Gasteiger partial charge in [-0.25, -0.2) is 4.68 Å². The van der Waals surface area contributed by atoms with Crippen LogP contribution in [0.5, 0.6) is 5.75 Å². The highest BCUT2D eigenvalue weighted by molar-refractivity contribution is 5.93. The largest absolute Gasteiger partial charge is 0.497 e. The second kappa shape index (κ2) is 10.5. The normalized spacial score (nSPS) is 17.9. The van der Waals surface area contributed by atoms with E-state index in [-0.39, 0.29) is 30.4 Å². The van der Waals surface area contributed by atoms with Crippen molar-refractivity contribution in [1.82, 2.24) is 25.2 Å². The number of ether oxygens (including phenoxy) is 2. The van der Waals surface area contributed by atoms with Gasteiger partial charge < -0.3 is 19.7 Å². The van der Waals surface area contributed by atoms with Crippen LogP contribution in [0.1, 0.15) is 51.8 Å². The summed E-state index contributed by atoms with van der Waals surface area (Å²) in [6, 6.07) is 15.9. The van der Waals surface area contributed by atoms with E-state index in [2.05, 4.69) is 46.8 Å². The molecule has 1 fully saturated rings. The summed E-state index contributed by atoms with van der Waals surface area (Å²) in [5.41, 5.74) is 4.32. The van der Waals surface area contributed by atoms with Gasteiger partial charge in [-0.15, -0.1) is 5.10 Å². The molecule has 0 saturated carbocycles. The summed E-state index contributed by atoms with van der Waals surface area (Å²) in [7, 11) is 1.62. The predicted molar refractivity (Wildman–Crippen MR) is 132 cm³/mol. The third-order valence-corrected chi connectivity index (χ3v) is 7.00. The number of hydrogen-bond donors (Lipinski definition) is 1. The SMILES string of the molecule is COc1cccc(CNC(=O)C2CCN(C(=O)c3nnn4c3COC(c3ccc(C)cc3)C4)CC2)c1. The fourth-order valence-electron chi connectivity index (χ4n) is 4.77. The van der Waals surface area contributed by atoms with E-state index in [1.165, 1.54) is 5.56 Å². The minimum absolute atomic E-state index is 0.0153. The first-order valence-electron chi connectivity index (χ1n) is 12.3. The molecule has 0 aliphatic carbocycles. The molecule has 36 heavy (non-hydrogen) atoms. The van der Waals surface area contributed by atoms with Crippen LogP contribution in [0, 0.1) is 12.8 Å². The molecule has 2 aliphatic heterocycles. The highest BCUT2D eigenvalue weighted by Gasteiger charge is 2.33. The maximum absolute atomic E-state index is 13.2. The van der Waals surface area contributed by atoms with Crippen molar-refractivity contribution in [3.63, 3.8) is 0 Å². The van der Waals surface area contributed by atoms with Crippen LogP contribution >= 0.6 is 0 Å². The quantitative estimate of drug-likeness (QED) is 0.572. The number of fused-ring (bicyclic) bond motifs is 1. The first-order chi connectivity index (χ1) is 17.5. The van der Waals surface area contributed by atoms with E-state index in [1.54, 1.807) is 16.7 Å². The minimum Gasteiger partial charge on any atom is -0.497 e. The number of aromatic nitrogens is 3. The smallest absolute Gasteiger partial charge is 0.276 e. The molecule has 0 spiro atoms. The summed E-state index contributed by atoms with van der Waals surface area (Å²) < 4.78 is 13.1. The minimum atomic E-state index is -0.149. The van der Waals surface area contributed by atoms with Crippen molar-refractivity contribution in [2.24, 2.45) is 5.92 Å². The molecule has 3 heterocycles. The summed E-state index contributed by atoms with van der Waals surface area (Å²) in [6.45, 7) is 4.33. The summed E-state index contributed by atoms with van der Waals surface area (Å²) in [5, 5.41) is 11.5. The molecule has 3 aromatic rings. The van der Waals surface area contributed by atoms with Crippen LogP contribution in [-0.2, 0) is 29.2 Å². The maximum atomic E-state index is 13.2. The van der Waals surface area contributed by atoms with E-state index in [1.807, 2.05) is 24.3 Å². The highest BCUT2D eigenvalue weighted by Crippen LogP contribution is 2.28. The van der Waals surface area contributed by atoms with E-state index in [4.69, 9.17) is 9.47 Å².